The van der Waals surface area contributed by atoms with E-state index in [2.05, 4.69) is 12.2 Å². The van der Waals surface area contributed by atoms with Crippen LogP contribution in [-0.2, 0) is 6.54 Å². The van der Waals surface area contributed by atoms with E-state index in [1.807, 2.05) is 36.4 Å². The molecule has 0 atom stereocenters. The molecule has 0 bridgehead atoms. The standard InChI is InChI=1S/C18H25NO2/c1-2-3-4-5-6-13-20-17-11-9-16(10-12-17)19-15-18-8-7-14-21-18/h7-12,14,19H,2-6,13,15H2,1H3. The number of hydrogen-bond acceptors (Lipinski definition) is 3. The minimum atomic E-state index is 0.699. The van der Waals surface area contributed by atoms with Crippen LogP contribution in [0, 0.1) is 0 Å². The number of ether oxygens (including phenoxy) is 1. The van der Waals surface area contributed by atoms with Crippen molar-refractivity contribution in [3.63, 3.8) is 0 Å². The first-order chi connectivity index (χ1) is 10.4. The predicted octanol–water partition coefficient (Wildman–Crippen LogP) is 5.24. The van der Waals surface area contributed by atoms with Crippen molar-refractivity contribution in [2.24, 2.45) is 0 Å². The zero-order valence-corrected chi connectivity index (χ0v) is 12.8. The lowest BCUT2D eigenvalue weighted by Gasteiger charge is -2.08. The number of unbranched alkanes of at least 4 members (excludes halogenated alkanes) is 4. The van der Waals surface area contributed by atoms with Gasteiger partial charge in [-0.05, 0) is 42.8 Å². The van der Waals surface area contributed by atoms with Gasteiger partial charge in [-0.2, -0.15) is 0 Å². The Morgan fingerprint density at radius 1 is 1.00 bits per heavy atom. The molecule has 0 aliphatic heterocycles. The van der Waals surface area contributed by atoms with Crippen LogP contribution >= 0.6 is 0 Å². The average molecular weight is 287 g/mol. The highest BCUT2D eigenvalue weighted by atomic mass is 16.5. The Bertz CT molecular complexity index is 476. The van der Waals surface area contributed by atoms with E-state index < -0.39 is 0 Å². The van der Waals surface area contributed by atoms with Gasteiger partial charge in [-0.1, -0.05) is 32.6 Å². The summed E-state index contributed by atoms with van der Waals surface area (Å²) in [6.45, 7) is 3.74. The molecular weight excluding hydrogens is 262 g/mol. The lowest BCUT2D eigenvalue weighted by atomic mass is 10.2. The molecule has 21 heavy (non-hydrogen) atoms. The minimum Gasteiger partial charge on any atom is -0.494 e. The second-order valence-corrected chi connectivity index (χ2v) is 5.22. The molecule has 1 N–H and O–H groups in total. The van der Waals surface area contributed by atoms with Crippen molar-refractivity contribution in [3.05, 3.63) is 48.4 Å². The van der Waals surface area contributed by atoms with Gasteiger partial charge >= 0.3 is 0 Å². The topological polar surface area (TPSA) is 34.4 Å². The monoisotopic (exact) mass is 287 g/mol. The molecule has 0 fully saturated rings. The molecule has 2 rings (SSSR count). The van der Waals surface area contributed by atoms with Crippen molar-refractivity contribution in [2.45, 2.75) is 45.6 Å². The summed E-state index contributed by atoms with van der Waals surface area (Å²) in [5, 5.41) is 3.32. The fourth-order valence-electron chi connectivity index (χ4n) is 2.17. The molecule has 0 unspecified atom stereocenters. The number of nitrogens with one attached hydrogen (secondary N) is 1. The molecule has 2 aromatic rings. The molecule has 3 heteroatoms. The molecule has 0 saturated heterocycles. The summed E-state index contributed by atoms with van der Waals surface area (Å²) in [6.07, 6.45) is 8.02. The van der Waals surface area contributed by atoms with E-state index in [0.717, 1.165) is 30.2 Å². The molecule has 0 amide bonds. The average Bonchev–Trinajstić information content (AvgIpc) is 3.03. The van der Waals surface area contributed by atoms with Crippen molar-refractivity contribution in [1.29, 1.82) is 0 Å². The number of anilines is 1. The molecular formula is C18H25NO2. The largest absolute Gasteiger partial charge is 0.494 e. The molecule has 3 nitrogen and oxygen atoms in total. The summed E-state index contributed by atoms with van der Waals surface area (Å²) in [4.78, 5) is 0. The Morgan fingerprint density at radius 2 is 1.81 bits per heavy atom. The minimum absolute atomic E-state index is 0.699. The van der Waals surface area contributed by atoms with Crippen LogP contribution in [0.1, 0.15) is 44.8 Å². The number of benzene rings is 1. The Morgan fingerprint density at radius 3 is 2.52 bits per heavy atom. The molecule has 0 aliphatic rings. The summed E-state index contributed by atoms with van der Waals surface area (Å²) in [5.74, 6) is 1.87. The van der Waals surface area contributed by atoms with Gasteiger partial charge in [0.15, 0.2) is 0 Å². The third-order valence-electron chi connectivity index (χ3n) is 3.42. The van der Waals surface area contributed by atoms with Crippen molar-refractivity contribution >= 4 is 5.69 Å². The van der Waals surface area contributed by atoms with E-state index in [1.54, 1.807) is 6.26 Å². The lowest BCUT2D eigenvalue weighted by molar-refractivity contribution is 0.304. The van der Waals surface area contributed by atoms with Gasteiger partial charge in [0.05, 0.1) is 19.4 Å². The molecule has 1 aromatic heterocycles. The Labute approximate surface area is 127 Å². The number of hydrogen-bond donors (Lipinski definition) is 1. The maximum absolute atomic E-state index is 5.75. The van der Waals surface area contributed by atoms with Gasteiger partial charge in [-0.3, -0.25) is 0 Å². The van der Waals surface area contributed by atoms with Crippen molar-refractivity contribution in [1.82, 2.24) is 0 Å². The van der Waals surface area contributed by atoms with E-state index in [4.69, 9.17) is 9.15 Å². The van der Waals surface area contributed by atoms with Crippen molar-refractivity contribution < 1.29 is 9.15 Å². The molecule has 0 spiro atoms. The highest BCUT2D eigenvalue weighted by molar-refractivity contribution is 5.46. The zero-order chi connectivity index (χ0) is 14.8. The predicted molar refractivity (Wildman–Crippen MR) is 86.7 cm³/mol. The van der Waals surface area contributed by atoms with Crippen LogP contribution in [0.25, 0.3) is 0 Å². The summed E-state index contributed by atoms with van der Waals surface area (Å²) < 4.78 is 11.0. The molecule has 0 aliphatic carbocycles. The molecule has 0 radical (unpaired) electrons. The van der Waals surface area contributed by atoms with Crippen LogP contribution in [0.5, 0.6) is 5.75 Å². The maximum atomic E-state index is 5.75. The van der Waals surface area contributed by atoms with Gasteiger partial charge in [0, 0.05) is 5.69 Å². The zero-order valence-electron chi connectivity index (χ0n) is 12.8. The summed E-state index contributed by atoms with van der Waals surface area (Å²) in [6, 6.07) is 12.0. The first kappa shape index (κ1) is 15.5. The summed E-state index contributed by atoms with van der Waals surface area (Å²) in [7, 11) is 0. The van der Waals surface area contributed by atoms with E-state index in [1.165, 1.54) is 25.7 Å². The molecule has 1 aromatic carbocycles. The fraction of sp³-hybridized carbons (Fsp3) is 0.444. The van der Waals surface area contributed by atoms with Crippen molar-refractivity contribution in [3.8, 4) is 5.75 Å². The third kappa shape index (κ3) is 5.94. The molecule has 114 valence electrons. The SMILES string of the molecule is CCCCCCCOc1ccc(NCc2ccco2)cc1. The molecule has 0 saturated carbocycles. The van der Waals surface area contributed by atoms with Crippen molar-refractivity contribution in [2.75, 3.05) is 11.9 Å². The van der Waals surface area contributed by atoms with Crippen LogP contribution < -0.4 is 10.1 Å². The van der Waals surface area contributed by atoms with Gasteiger partial charge in [0.2, 0.25) is 0 Å². The maximum Gasteiger partial charge on any atom is 0.122 e. The quantitative estimate of drug-likeness (QED) is 0.607. The molecule has 1 heterocycles. The fourth-order valence-corrected chi connectivity index (χ4v) is 2.17. The number of rotatable bonds is 10. The van der Waals surface area contributed by atoms with Crippen LogP contribution in [0.4, 0.5) is 5.69 Å². The van der Waals surface area contributed by atoms with Gasteiger partial charge in [0.1, 0.15) is 11.5 Å². The first-order valence-corrected chi connectivity index (χ1v) is 7.87. The summed E-state index contributed by atoms with van der Waals surface area (Å²) in [5.41, 5.74) is 1.07. The Balaban J connectivity index is 1.64. The Kier molecular flexibility index (Phi) is 6.72. The van der Waals surface area contributed by atoms with Gasteiger partial charge in [-0.25, -0.2) is 0 Å². The van der Waals surface area contributed by atoms with Gasteiger partial charge in [-0.15, -0.1) is 0 Å². The number of furan rings is 1. The normalized spacial score (nSPS) is 10.5. The van der Waals surface area contributed by atoms with Gasteiger partial charge < -0.3 is 14.5 Å². The van der Waals surface area contributed by atoms with Crippen LogP contribution in [0.3, 0.4) is 0 Å². The van der Waals surface area contributed by atoms with E-state index in [-0.39, 0.29) is 0 Å². The lowest BCUT2D eigenvalue weighted by Crippen LogP contribution is -1.99. The van der Waals surface area contributed by atoms with Crippen LogP contribution in [-0.4, -0.2) is 6.61 Å². The Hall–Kier alpha value is -1.90. The summed E-state index contributed by atoms with van der Waals surface area (Å²) >= 11 is 0. The highest BCUT2D eigenvalue weighted by Gasteiger charge is 1.98. The second-order valence-electron chi connectivity index (χ2n) is 5.22. The van der Waals surface area contributed by atoms with E-state index in [0.29, 0.717) is 6.54 Å². The second kappa shape index (κ2) is 9.11. The van der Waals surface area contributed by atoms with E-state index in [9.17, 15) is 0 Å². The highest BCUT2D eigenvalue weighted by Crippen LogP contribution is 2.17. The van der Waals surface area contributed by atoms with E-state index >= 15 is 0 Å². The third-order valence-corrected chi connectivity index (χ3v) is 3.42. The van der Waals surface area contributed by atoms with Gasteiger partial charge in [0.25, 0.3) is 0 Å². The first-order valence-electron chi connectivity index (χ1n) is 7.87. The van der Waals surface area contributed by atoms with Crippen LogP contribution in [0.15, 0.2) is 47.1 Å². The smallest absolute Gasteiger partial charge is 0.122 e. The van der Waals surface area contributed by atoms with Crippen LogP contribution in [0.2, 0.25) is 0 Å².